The molecule has 1 atom stereocenters. The Bertz CT molecular complexity index is 1440. The van der Waals surface area contributed by atoms with Crippen molar-refractivity contribution >= 4 is 54.8 Å². The highest BCUT2D eigenvalue weighted by Gasteiger charge is 2.23. The van der Waals surface area contributed by atoms with Crippen LogP contribution in [0.5, 0.6) is 0 Å². The molecule has 0 spiro atoms. The molecule has 33 heavy (non-hydrogen) atoms. The van der Waals surface area contributed by atoms with Gasteiger partial charge < -0.3 is 10.6 Å². The average molecular weight is 551 g/mol. The summed E-state index contributed by atoms with van der Waals surface area (Å²) in [5.41, 5.74) is 0.812. The van der Waals surface area contributed by atoms with Crippen LogP contribution in [-0.4, -0.2) is 44.1 Å². The Hall–Kier alpha value is -3.27. The van der Waals surface area contributed by atoms with E-state index in [0.29, 0.717) is 10.2 Å². The minimum absolute atomic E-state index is 0.0598. The van der Waals surface area contributed by atoms with Crippen molar-refractivity contribution in [3.05, 3.63) is 63.0 Å². The van der Waals surface area contributed by atoms with Gasteiger partial charge in [-0.15, -0.1) is 4.36 Å². The second kappa shape index (κ2) is 9.70. The van der Waals surface area contributed by atoms with Crippen molar-refractivity contribution in [2.24, 2.45) is 4.36 Å². The van der Waals surface area contributed by atoms with E-state index in [1.54, 1.807) is 19.1 Å². The monoisotopic (exact) mass is 549 g/mol. The quantitative estimate of drug-likeness (QED) is 0.465. The number of rotatable bonds is 5. The first-order valence-electron chi connectivity index (χ1n) is 9.24. The van der Waals surface area contributed by atoms with E-state index in [9.17, 15) is 13.8 Å². The molecule has 13 heteroatoms. The number of aryl methyl sites for hydroxylation is 1. The first kappa shape index (κ1) is 24.4. The number of anilines is 1. The molecule has 2 N–H and O–H groups in total. The number of carbonyl (C=O) groups excluding carboxylic acids is 2. The predicted octanol–water partition coefficient (Wildman–Crippen LogP) is 3.54. The molecule has 3 rings (SSSR count). The highest BCUT2D eigenvalue weighted by molar-refractivity contribution is 9.10. The lowest BCUT2D eigenvalue weighted by Crippen LogP contribution is -2.24. The molecule has 1 aromatic carbocycles. The second-order valence-corrected chi connectivity index (χ2v) is 10.2. The van der Waals surface area contributed by atoms with Crippen LogP contribution in [0.1, 0.15) is 26.4 Å². The third-order valence-electron chi connectivity index (χ3n) is 4.52. The van der Waals surface area contributed by atoms with Crippen molar-refractivity contribution in [3.8, 4) is 12.0 Å². The smallest absolute Gasteiger partial charge is 0.274 e. The molecular weight excluding hydrogens is 534 g/mol. The third-order valence-corrected chi connectivity index (χ3v) is 6.75. The fourth-order valence-corrected chi connectivity index (χ4v) is 4.54. The van der Waals surface area contributed by atoms with Crippen molar-refractivity contribution in [1.29, 1.82) is 5.26 Å². The van der Waals surface area contributed by atoms with Crippen LogP contribution < -0.4 is 10.6 Å². The minimum Gasteiger partial charge on any atom is -0.355 e. The van der Waals surface area contributed by atoms with Gasteiger partial charge in [0.25, 0.3) is 11.8 Å². The van der Waals surface area contributed by atoms with Crippen LogP contribution in [0, 0.1) is 18.4 Å². The predicted molar refractivity (Wildman–Crippen MR) is 127 cm³/mol. The summed E-state index contributed by atoms with van der Waals surface area (Å²) in [6.07, 6.45) is 4.34. The third kappa shape index (κ3) is 5.05. The van der Waals surface area contributed by atoms with E-state index in [-0.39, 0.29) is 32.7 Å². The fourth-order valence-electron chi connectivity index (χ4n) is 2.97. The summed E-state index contributed by atoms with van der Waals surface area (Å²) in [7, 11) is -1.64. The molecule has 0 saturated heterocycles. The highest BCUT2D eigenvalue weighted by Crippen LogP contribution is 2.28. The van der Waals surface area contributed by atoms with Crippen LogP contribution >= 0.6 is 27.5 Å². The molecule has 0 aliphatic heterocycles. The zero-order valence-corrected chi connectivity index (χ0v) is 20.7. The Morgan fingerprint density at radius 1 is 1.30 bits per heavy atom. The van der Waals surface area contributed by atoms with E-state index in [2.05, 4.69) is 41.0 Å². The molecule has 0 aliphatic rings. The maximum atomic E-state index is 13.2. The summed E-state index contributed by atoms with van der Waals surface area (Å²) in [5.74, 6) is -0.864. The number of halogens is 2. The van der Waals surface area contributed by atoms with E-state index in [1.165, 1.54) is 48.6 Å². The summed E-state index contributed by atoms with van der Waals surface area (Å²) < 4.78 is 17.9. The maximum absolute atomic E-state index is 13.2. The molecule has 170 valence electrons. The van der Waals surface area contributed by atoms with Crippen LogP contribution in [0.25, 0.3) is 5.82 Å². The number of nitrogens with zero attached hydrogens (tertiary/aromatic N) is 5. The number of aromatic nitrogens is 3. The van der Waals surface area contributed by atoms with Gasteiger partial charge in [0.05, 0.1) is 26.0 Å². The summed E-state index contributed by atoms with van der Waals surface area (Å²) in [4.78, 5) is 30.2. The number of pyridine rings is 1. The Kier molecular flexibility index (Phi) is 7.16. The molecule has 0 radical (unpaired) electrons. The summed E-state index contributed by atoms with van der Waals surface area (Å²) in [5, 5.41) is 18.6. The largest absolute Gasteiger partial charge is 0.355 e. The second-order valence-electron chi connectivity index (χ2n) is 6.76. The van der Waals surface area contributed by atoms with Crippen molar-refractivity contribution < 1.29 is 13.8 Å². The van der Waals surface area contributed by atoms with Crippen molar-refractivity contribution in [2.75, 3.05) is 18.6 Å². The normalized spacial score (nSPS) is 12.4. The lowest BCUT2D eigenvalue weighted by Gasteiger charge is -2.16. The van der Waals surface area contributed by atoms with Gasteiger partial charge >= 0.3 is 0 Å². The Morgan fingerprint density at radius 3 is 2.67 bits per heavy atom. The van der Waals surface area contributed by atoms with Crippen molar-refractivity contribution in [3.63, 3.8) is 0 Å². The molecule has 2 heterocycles. The number of amides is 2. The zero-order valence-electron chi connectivity index (χ0n) is 17.6. The van der Waals surface area contributed by atoms with Gasteiger partial charge in [0.1, 0.15) is 10.3 Å². The van der Waals surface area contributed by atoms with Crippen LogP contribution in [0.3, 0.4) is 0 Å². The number of nitriles is 1. The maximum Gasteiger partial charge on any atom is 0.274 e. The van der Waals surface area contributed by atoms with Crippen LogP contribution in [0.2, 0.25) is 5.02 Å². The Balaban J connectivity index is 2.11. The van der Waals surface area contributed by atoms with Crippen LogP contribution in [-0.2, 0) is 9.73 Å². The molecule has 2 aromatic heterocycles. The summed E-state index contributed by atoms with van der Waals surface area (Å²) >= 11 is 9.47. The van der Waals surface area contributed by atoms with Crippen molar-refractivity contribution in [2.45, 2.75) is 11.8 Å². The summed E-state index contributed by atoms with van der Waals surface area (Å²) in [6.45, 7) is 1.64. The van der Waals surface area contributed by atoms with Gasteiger partial charge in [0.15, 0.2) is 5.82 Å². The first-order valence-corrected chi connectivity index (χ1v) is 12.3. The van der Waals surface area contributed by atoms with Gasteiger partial charge in [0, 0.05) is 30.5 Å². The fraction of sp³-hybridized carbons (Fsp3) is 0.150. The van der Waals surface area contributed by atoms with Gasteiger partial charge in [0.2, 0.25) is 6.19 Å². The molecule has 1 unspecified atom stereocenters. The van der Waals surface area contributed by atoms with Gasteiger partial charge in [-0.1, -0.05) is 11.6 Å². The minimum atomic E-state index is -3.06. The van der Waals surface area contributed by atoms with Crippen LogP contribution in [0.15, 0.2) is 50.4 Å². The van der Waals surface area contributed by atoms with E-state index in [0.717, 1.165) is 0 Å². The molecule has 3 aromatic rings. The van der Waals surface area contributed by atoms with Gasteiger partial charge in [-0.05, 0) is 52.7 Å². The van der Waals surface area contributed by atoms with E-state index >= 15 is 0 Å². The molecule has 0 saturated carbocycles. The number of benzene rings is 1. The topological polar surface area (TPSA) is 142 Å². The Morgan fingerprint density at radius 2 is 2.03 bits per heavy atom. The molecule has 2 amide bonds. The molecule has 0 aliphatic carbocycles. The molecular formula is C20H17BrClN7O3S. The number of hydrogen-bond donors (Lipinski definition) is 2. The first-order chi connectivity index (χ1) is 15.6. The molecule has 0 bridgehead atoms. The highest BCUT2D eigenvalue weighted by atomic mass is 79.9. The lowest BCUT2D eigenvalue weighted by atomic mass is 10.1. The zero-order chi connectivity index (χ0) is 24.3. The summed E-state index contributed by atoms with van der Waals surface area (Å²) in [6, 6.07) is 7.59. The van der Waals surface area contributed by atoms with Crippen molar-refractivity contribution in [1.82, 2.24) is 20.1 Å². The molecule has 0 fully saturated rings. The van der Waals surface area contributed by atoms with Crippen LogP contribution in [0.4, 0.5) is 5.69 Å². The SMILES string of the molecule is CNC(=O)c1cc(S(C)(=O)=NC#N)cc(C)c1NC(=O)c1cc(Br)nn1-c1ncccc1Cl. The van der Waals surface area contributed by atoms with E-state index in [1.807, 2.05) is 0 Å². The van der Waals surface area contributed by atoms with Gasteiger partial charge in [-0.25, -0.2) is 13.9 Å². The number of hydrogen-bond acceptors (Lipinski definition) is 7. The van der Waals surface area contributed by atoms with E-state index in [4.69, 9.17) is 16.9 Å². The van der Waals surface area contributed by atoms with E-state index < -0.39 is 21.5 Å². The number of carbonyl (C=O) groups is 2. The molecule has 10 nitrogen and oxygen atoms in total. The standard InChI is InChI=1S/C20H17BrClN7O3S/c1-11-7-12(33(3,32)26-10-23)8-13(19(30)24-2)17(11)27-20(31)15-9-16(21)28-29(15)18-14(22)5-4-6-25-18/h4-9H,1-3H3,(H,24,30)(H,27,31). The lowest BCUT2D eigenvalue weighted by molar-refractivity contribution is 0.0963. The Labute approximate surface area is 203 Å². The van der Waals surface area contributed by atoms with Gasteiger partial charge in [-0.2, -0.15) is 10.4 Å². The van der Waals surface area contributed by atoms with Gasteiger partial charge in [-0.3, -0.25) is 9.59 Å². The average Bonchev–Trinajstić information content (AvgIpc) is 3.16. The number of nitrogens with one attached hydrogen (secondary N) is 2.